The van der Waals surface area contributed by atoms with Crippen LogP contribution in [0.2, 0.25) is 0 Å². The first-order valence-corrected chi connectivity index (χ1v) is 8.93. The quantitative estimate of drug-likeness (QED) is 0.505. The summed E-state index contributed by atoms with van der Waals surface area (Å²) in [6, 6.07) is 17.7. The number of para-hydroxylation sites is 1. The Bertz CT molecular complexity index is 886. The van der Waals surface area contributed by atoms with Crippen molar-refractivity contribution in [1.82, 2.24) is 0 Å². The molecule has 132 valence electrons. The van der Waals surface area contributed by atoms with E-state index in [4.69, 9.17) is 5.73 Å². The molecule has 0 bridgehead atoms. The Morgan fingerprint density at radius 2 is 1.85 bits per heavy atom. The first kappa shape index (κ1) is 16.5. The SMILES string of the molecule is [N-]=[N+]=NC(c1ccccc1)(N1CCc2ccccc21)C1(C(N)=O)CCC1. The van der Waals surface area contributed by atoms with Gasteiger partial charge in [0, 0.05) is 17.1 Å². The fourth-order valence-electron chi connectivity index (χ4n) is 4.60. The molecule has 6 nitrogen and oxygen atoms in total. The normalized spacial score (nSPS) is 19.6. The zero-order chi connectivity index (χ0) is 18.2. The van der Waals surface area contributed by atoms with Crippen LogP contribution in [0.25, 0.3) is 10.4 Å². The molecule has 1 saturated carbocycles. The predicted octanol–water partition coefficient (Wildman–Crippen LogP) is 3.87. The van der Waals surface area contributed by atoms with Gasteiger partial charge in [-0.2, -0.15) is 0 Å². The van der Waals surface area contributed by atoms with E-state index in [-0.39, 0.29) is 0 Å². The number of anilines is 1. The van der Waals surface area contributed by atoms with Gasteiger partial charge in [-0.15, -0.1) is 0 Å². The Labute approximate surface area is 152 Å². The standard InChI is InChI=1S/C20H21N5O/c21-18(26)19(12-6-13-19)20(23-24-22,16-8-2-1-3-9-16)25-14-11-15-7-4-5-10-17(15)25/h1-5,7-10H,6,11-14H2,(H2,21,26). The highest BCUT2D eigenvalue weighted by Gasteiger charge is 2.63. The van der Waals surface area contributed by atoms with Gasteiger partial charge in [0.2, 0.25) is 5.91 Å². The van der Waals surface area contributed by atoms with Crippen molar-refractivity contribution in [2.24, 2.45) is 16.3 Å². The molecule has 1 unspecified atom stereocenters. The Hall–Kier alpha value is -2.98. The summed E-state index contributed by atoms with van der Waals surface area (Å²) in [4.78, 5) is 18.0. The highest BCUT2D eigenvalue weighted by Crippen LogP contribution is 2.59. The maximum absolute atomic E-state index is 12.7. The molecule has 1 amide bonds. The van der Waals surface area contributed by atoms with Gasteiger partial charge in [-0.1, -0.05) is 60.1 Å². The molecule has 2 N–H and O–H groups in total. The van der Waals surface area contributed by atoms with Crippen LogP contribution in [0.1, 0.15) is 30.4 Å². The number of azide groups is 1. The Balaban J connectivity index is 2.02. The van der Waals surface area contributed by atoms with Crippen molar-refractivity contribution in [3.05, 3.63) is 76.2 Å². The van der Waals surface area contributed by atoms with E-state index in [1.54, 1.807) is 0 Å². The van der Waals surface area contributed by atoms with Crippen LogP contribution in [0.15, 0.2) is 59.7 Å². The average molecular weight is 347 g/mol. The van der Waals surface area contributed by atoms with Gasteiger partial charge < -0.3 is 10.6 Å². The number of benzene rings is 2. The Morgan fingerprint density at radius 1 is 1.15 bits per heavy atom. The highest BCUT2D eigenvalue weighted by atomic mass is 16.1. The van der Waals surface area contributed by atoms with Crippen molar-refractivity contribution in [2.75, 3.05) is 11.4 Å². The minimum Gasteiger partial charge on any atom is -0.369 e. The van der Waals surface area contributed by atoms with Crippen LogP contribution in [0.5, 0.6) is 0 Å². The molecule has 4 rings (SSSR count). The van der Waals surface area contributed by atoms with Crippen LogP contribution < -0.4 is 10.6 Å². The van der Waals surface area contributed by atoms with Gasteiger partial charge in [-0.05, 0) is 42.0 Å². The van der Waals surface area contributed by atoms with Crippen molar-refractivity contribution in [2.45, 2.75) is 31.3 Å². The number of fused-ring (bicyclic) bond motifs is 1. The summed E-state index contributed by atoms with van der Waals surface area (Å²) < 4.78 is 0. The van der Waals surface area contributed by atoms with E-state index in [0.717, 1.165) is 24.1 Å². The van der Waals surface area contributed by atoms with E-state index < -0.39 is 17.0 Å². The number of nitrogens with zero attached hydrogens (tertiary/aromatic N) is 4. The molecule has 1 fully saturated rings. The van der Waals surface area contributed by atoms with Gasteiger partial charge in [-0.25, -0.2) is 0 Å². The highest BCUT2D eigenvalue weighted by molar-refractivity contribution is 5.85. The number of hydrogen-bond acceptors (Lipinski definition) is 3. The zero-order valence-electron chi connectivity index (χ0n) is 14.5. The predicted molar refractivity (Wildman–Crippen MR) is 100 cm³/mol. The van der Waals surface area contributed by atoms with E-state index in [0.29, 0.717) is 19.4 Å². The van der Waals surface area contributed by atoms with Crippen molar-refractivity contribution in [1.29, 1.82) is 0 Å². The maximum Gasteiger partial charge on any atom is 0.226 e. The van der Waals surface area contributed by atoms with Crippen molar-refractivity contribution in [3.63, 3.8) is 0 Å². The number of rotatable bonds is 5. The zero-order valence-corrected chi connectivity index (χ0v) is 14.5. The molecule has 1 aliphatic carbocycles. The van der Waals surface area contributed by atoms with Crippen LogP contribution in [-0.2, 0) is 16.9 Å². The van der Waals surface area contributed by atoms with Crippen LogP contribution in [0.4, 0.5) is 5.69 Å². The molecule has 0 saturated heterocycles. The van der Waals surface area contributed by atoms with Gasteiger partial charge in [0.25, 0.3) is 0 Å². The number of primary amides is 1. The number of nitrogens with two attached hydrogens (primary N) is 1. The summed E-state index contributed by atoms with van der Waals surface area (Å²) in [6.45, 7) is 0.683. The first-order valence-electron chi connectivity index (χ1n) is 8.93. The average Bonchev–Trinajstić information content (AvgIpc) is 3.05. The third-order valence-electron chi connectivity index (χ3n) is 5.99. The Kier molecular flexibility index (Phi) is 3.85. The molecular weight excluding hydrogens is 326 g/mol. The molecule has 0 aromatic heterocycles. The van der Waals surface area contributed by atoms with E-state index in [9.17, 15) is 10.3 Å². The largest absolute Gasteiger partial charge is 0.369 e. The second-order valence-corrected chi connectivity index (χ2v) is 7.06. The third-order valence-corrected chi connectivity index (χ3v) is 5.99. The molecule has 0 radical (unpaired) electrons. The smallest absolute Gasteiger partial charge is 0.226 e. The van der Waals surface area contributed by atoms with Gasteiger partial charge in [-0.3, -0.25) is 4.79 Å². The van der Waals surface area contributed by atoms with Crippen LogP contribution in [-0.4, -0.2) is 12.5 Å². The second kappa shape index (κ2) is 6.07. The summed E-state index contributed by atoms with van der Waals surface area (Å²) in [5.74, 6) is -0.399. The molecule has 2 aromatic rings. The summed E-state index contributed by atoms with van der Waals surface area (Å²) in [7, 11) is 0. The third kappa shape index (κ3) is 2.06. The van der Waals surface area contributed by atoms with Crippen LogP contribution in [0, 0.1) is 5.41 Å². The van der Waals surface area contributed by atoms with Crippen molar-refractivity contribution < 1.29 is 4.79 Å². The lowest BCUT2D eigenvalue weighted by atomic mass is 9.57. The van der Waals surface area contributed by atoms with Gasteiger partial charge >= 0.3 is 0 Å². The molecule has 26 heavy (non-hydrogen) atoms. The lowest BCUT2D eigenvalue weighted by Crippen LogP contribution is -2.64. The maximum atomic E-state index is 12.7. The number of carbonyl (C=O) groups is 1. The van der Waals surface area contributed by atoms with E-state index in [1.807, 2.05) is 48.5 Å². The minimum absolute atomic E-state index is 0.399. The lowest BCUT2D eigenvalue weighted by Gasteiger charge is -2.56. The van der Waals surface area contributed by atoms with E-state index in [1.165, 1.54) is 5.56 Å². The van der Waals surface area contributed by atoms with Gasteiger partial charge in [0.15, 0.2) is 5.66 Å². The van der Waals surface area contributed by atoms with Crippen molar-refractivity contribution >= 4 is 11.6 Å². The number of amides is 1. The summed E-state index contributed by atoms with van der Waals surface area (Å²) >= 11 is 0. The molecule has 2 aromatic carbocycles. The molecule has 2 aliphatic rings. The monoisotopic (exact) mass is 347 g/mol. The van der Waals surface area contributed by atoms with Gasteiger partial charge in [0.1, 0.15) is 0 Å². The fourth-order valence-corrected chi connectivity index (χ4v) is 4.60. The molecule has 1 heterocycles. The van der Waals surface area contributed by atoms with Crippen molar-refractivity contribution in [3.8, 4) is 0 Å². The Morgan fingerprint density at radius 3 is 2.46 bits per heavy atom. The lowest BCUT2D eigenvalue weighted by molar-refractivity contribution is -0.139. The van der Waals surface area contributed by atoms with Crippen LogP contribution in [0.3, 0.4) is 0 Å². The molecule has 0 spiro atoms. The topological polar surface area (TPSA) is 95.1 Å². The van der Waals surface area contributed by atoms with Gasteiger partial charge in [0.05, 0.1) is 5.41 Å². The molecular formula is C20H21N5O. The second-order valence-electron chi connectivity index (χ2n) is 7.06. The van der Waals surface area contributed by atoms with E-state index >= 15 is 0 Å². The summed E-state index contributed by atoms with van der Waals surface area (Å²) in [5, 5.41) is 4.33. The number of hydrogen-bond donors (Lipinski definition) is 1. The molecule has 1 aliphatic heterocycles. The minimum atomic E-state index is -1.15. The summed E-state index contributed by atoms with van der Waals surface area (Å²) in [6.07, 6.45) is 2.98. The van der Waals surface area contributed by atoms with E-state index in [2.05, 4.69) is 21.0 Å². The molecule has 6 heteroatoms. The molecule has 1 atom stereocenters. The summed E-state index contributed by atoms with van der Waals surface area (Å²) in [5.41, 5.74) is 16.4. The van der Waals surface area contributed by atoms with Crippen LogP contribution >= 0.6 is 0 Å². The number of carbonyl (C=O) groups excluding carboxylic acids is 1. The fraction of sp³-hybridized carbons (Fsp3) is 0.350. The first-order chi connectivity index (χ1) is 12.7.